The van der Waals surface area contributed by atoms with Gasteiger partial charge in [0.1, 0.15) is 6.10 Å². The molecule has 4 aliphatic carbocycles. The van der Waals surface area contributed by atoms with Crippen molar-refractivity contribution in [3.05, 3.63) is 59.2 Å². The first-order valence-electron chi connectivity index (χ1n) is 14.8. The van der Waals surface area contributed by atoms with Crippen LogP contribution in [0.3, 0.4) is 0 Å². The number of rotatable bonds is 7. The van der Waals surface area contributed by atoms with E-state index in [2.05, 4.69) is 77.1 Å². The van der Waals surface area contributed by atoms with Gasteiger partial charge in [0, 0.05) is 5.41 Å². The van der Waals surface area contributed by atoms with Gasteiger partial charge in [-0.1, -0.05) is 82.7 Å². The number of carbonyl (C=O) groups excluding carboxylic acids is 1. The number of aliphatic carboxylic acids is 1. The van der Waals surface area contributed by atoms with Gasteiger partial charge in [-0.15, -0.1) is 0 Å². The average Bonchev–Trinajstić information content (AvgIpc) is 3.22. The van der Waals surface area contributed by atoms with Gasteiger partial charge in [0.2, 0.25) is 0 Å². The first kappa shape index (κ1) is 27.2. The van der Waals surface area contributed by atoms with E-state index in [0.717, 1.165) is 25.2 Å². The Morgan fingerprint density at radius 3 is 2.47 bits per heavy atom. The van der Waals surface area contributed by atoms with Gasteiger partial charge in [-0.3, -0.25) is 9.59 Å². The number of benzene rings is 1. The Hall–Kier alpha value is -2.36. The molecule has 2 fully saturated rings. The fraction of sp³-hybridized carbons (Fsp3) is 0.647. The SMILES string of the molecule is C[C@H](Cc1ccccc1)[C@H]1CCC2=C3C=C[C@H]4C(C)(C)[C@@H](OC(=O)CCC(=O)O)CC[C@]4(C)[C@H]3CC[C@@]21C. The van der Waals surface area contributed by atoms with Crippen molar-refractivity contribution in [2.75, 3.05) is 0 Å². The molecular formula is C34H46O4. The third-order valence-corrected chi connectivity index (χ3v) is 11.3. The summed E-state index contributed by atoms with van der Waals surface area (Å²) >= 11 is 0. The first-order valence-corrected chi connectivity index (χ1v) is 14.8. The Morgan fingerprint density at radius 2 is 1.76 bits per heavy atom. The molecule has 0 heterocycles. The molecule has 0 radical (unpaired) electrons. The summed E-state index contributed by atoms with van der Waals surface area (Å²) in [6, 6.07) is 11.0. The highest BCUT2D eigenvalue weighted by atomic mass is 16.5. The van der Waals surface area contributed by atoms with Crippen molar-refractivity contribution in [2.24, 2.45) is 39.9 Å². The van der Waals surface area contributed by atoms with E-state index in [1.54, 1.807) is 11.1 Å². The van der Waals surface area contributed by atoms with Crippen LogP contribution in [-0.2, 0) is 20.7 Å². The Balaban J connectivity index is 1.38. The van der Waals surface area contributed by atoms with Crippen molar-refractivity contribution in [3.8, 4) is 0 Å². The topological polar surface area (TPSA) is 63.6 Å². The van der Waals surface area contributed by atoms with Crippen LogP contribution in [0.5, 0.6) is 0 Å². The second-order valence-electron chi connectivity index (χ2n) is 13.8. The van der Waals surface area contributed by atoms with Crippen molar-refractivity contribution in [3.63, 3.8) is 0 Å². The van der Waals surface area contributed by atoms with E-state index in [-0.39, 0.29) is 35.7 Å². The minimum atomic E-state index is -0.957. The van der Waals surface area contributed by atoms with Crippen LogP contribution in [0.25, 0.3) is 0 Å². The Bertz CT molecular complexity index is 1130. The standard InChI is InChI=1S/C34H46O4/c1-22(21-23-9-7-6-8-10-23)25-12-13-26-24-11-14-28-32(2,3)29(38-31(37)16-15-30(35)36)18-20-34(28,5)27(24)17-19-33(25,26)4/h6-11,14,22,25,27-29H,12-13,15-21H2,1-5H3,(H,35,36)/t22-,25-,27+,28+,29+,33-,34-/m1/s1. The lowest BCUT2D eigenvalue weighted by Crippen LogP contribution is -2.55. The van der Waals surface area contributed by atoms with Gasteiger partial charge < -0.3 is 9.84 Å². The number of hydrogen-bond acceptors (Lipinski definition) is 3. The second-order valence-corrected chi connectivity index (χ2v) is 13.8. The normalized spacial score (nSPS) is 36.1. The molecule has 38 heavy (non-hydrogen) atoms. The predicted molar refractivity (Wildman–Crippen MR) is 150 cm³/mol. The maximum atomic E-state index is 12.4. The molecule has 0 spiro atoms. The van der Waals surface area contributed by atoms with Gasteiger partial charge in [-0.25, -0.2) is 0 Å². The fourth-order valence-corrected chi connectivity index (χ4v) is 9.41. The van der Waals surface area contributed by atoms with Crippen molar-refractivity contribution in [1.82, 2.24) is 0 Å². The van der Waals surface area contributed by atoms with E-state index in [0.29, 0.717) is 23.2 Å². The quantitative estimate of drug-likeness (QED) is 0.374. The van der Waals surface area contributed by atoms with Gasteiger partial charge in [0.05, 0.1) is 12.8 Å². The number of carboxylic acids is 1. The maximum absolute atomic E-state index is 12.4. The van der Waals surface area contributed by atoms with E-state index in [1.165, 1.54) is 31.2 Å². The lowest BCUT2D eigenvalue weighted by atomic mass is 9.46. The minimum absolute atomic E-state index is 0.0546. The zero-order chi connectivity index (χ0) is 27.3. The lowest BCUT2D eigenvalue weighted by molar-refractivity contribution is -0.170. The van der Waals surface area contributed by atoms with E-state index < -0.39 is 5.97 Å². The third-order valence-electron chi connectivity index (χ3n) is 11.3. The first-order chi connectivity index (χ1) is 18.0. The van der Waals surface area contributed by atoms with Gasteiger partial charge in [0.15, 0.2) is 0 Å². The maximum Gasteiger partial charge on any atom is 0.306 e. The van der Waals surface area contributed by atoms with Crippen LogP contribution in [0.15, 0.2) is 53.6 Å². The summed E-state index contributed by atoms with van der Waals surface area (Å²) in [4.78, 5) is 23.3. The summed E-state index contributed by atoms with van der Waals surface area (Å²) in [6.45, 7) is 12.0. The van der Waals surface area contributed by atoms with Crippen LogP contribution in [0, 0.1) is 39.9 Å². The number of fused-ring (bicyclic) bond motifs is 4. The molecule has 1 aromatic carbocycles. The molecule has 5 rings (SSSR count). The molecule has 7 atom stereocenters. The molecule has 0 aliphatic heterocycles. The summed E-state index contributed by atoms with van der Waals surface area (Å²) in [5.74, 6) is 0.939. The second kappa shape index (κ2) is 9.99. The summed E-state index contributed by atoms with van der Waals surface area (Å²) in [6.07, 6.45) is 12.6. The molecule has 0 bridgehead atoms. The average molecular weight is 519 g/mol. The minimum Gasteiger partial charge on any atom is -0.481 e. The highest BCUT2D eigenvalue weighted by Gasteiger charge is 2.59. The van der Waals surface area contributed by atoms with Crippen molar-refractivity contribution < 1.29 is 19.4 Å². The number of allylic oxidation sites excluding steroid dienone is 4. The van der Waals surface area contributed by atoms with E-state index in [4.69, 9.17) is 9.84 Å². The highest BCUT2D eigenvalue weighted by Crippen LogP contribution is 2.66. The van der Waals surface area contributed by atoms with Crippen LogP contribution >= 0.6 is 0 Å². The Morgan fingerprint density at radius 1 is 1.03 bits per heavy atom. The van der Waals surface area contributed by atoms with Crippen molar-refractivity contribution >= 4 is 11.9 Å². The van der Waals surface area contributed by atoms with Gasteiger partial charge in [0.25, 0.3) is 0 Å². The van der Waals surface area contributed by atoms with E-state index >= 15 is 0 Å². The lowest BCUT2D eigenvalue weighted by Gasteiger charge is -2.60. The number of hydrogen-bond donors (Lipinski definition) is 1. The van der Waals surface area contributed by atoms with Crippen LogP contribution in [0.2, 0.25) is 0 Å². The summed E-state index contributed by atoms with van der Waals surface area (Å²) in [5, 5.41) is 8.94. The Labute approximate surface area is 228 Å². The number of carbonyl (C=O) groups is 2. The van der Waals surface area contributed by atoms with Crippen molar-refractivity contribution in [2.45, 2.75) is 98.5 Å². The van der Waals surface area contributed by atoms with E-state index in [1.807, 2.05) is 0 Å². The van der Waals surface area contributed by atoms with Crippen LogP contribution in [0.4, 0.5) is 0 Å². The van der Waals surface area contributed by atoms with Crippen LogP contribution in [0.1, 0.15) is 91.5 Å². The number of ether oxygens (including phenoxy) is 1. The Kier molecular flexibility index (Phi) is 7.16. The summed E-state index contributed by atoms with van der Waals surface area (Å²) < 4.78 is 5.91. The number of carboxylic acid groups (broad SMARTS) is 1. The molecule has 2 saturated carbocycles. The molecule has 0 amide bonds. The molecule has 206 valence electrons. The van der Waals surface area contributed by atoms with Gasteiger partial charge in [-0.2, -0.15) is 0 Å². The third kappa shape index (κ3) is 4.56. The fourth-order valence-electron chi connectivity index (χ4n) is 9.41. The zero-order valence-electron chi connectivity index (χ0n) is 24.0. The molecule has 0 saturated heterocycles. The zero-order valence-corrected chi connectivity index (χ0v) is 24.0. The molecule has 4 aliphatic rings. The van der Waals surface area contributed by atoms with Gasteiger partial charge in [-0.05, 0) is 90.6 Å². The van der Waals surface area contributed by atoms with E-state index in [9.17, 15) is 9.59 Å². The molecule has 0 unspecified atom stereocenters. The van der Waals surface area contributed by atoms with Crippen molar-refractivity contribution in [1.29, 1.82) is 0 Å². The molecule has 4 nitrogen and oxygen atoms in total. The molecular weight excluding hydrogens is 472 g/mol. The largest absolute Gasteiger partial charge is 0.481 e. The number of esters is 1. The summed E-state index contributed by atoms with van der Waals surface area (Å²) in [7, 11) is 0. The molecule has 1 aromatic rings. The summed E-state index contributed by atoms with van der Waals surface area (Å²) in [5.41, 5.74) is 5.06. The molecule has 1 N–H and O–H groups in total. The molecule has 4 heteroatoms. The predicted octanol–water partition coefficient (Wildman–Crippen LogP) is 7.78. The smallest absolute Gasteiger partial charge is 0.306 e. The molecule has 0 aromatic heterocycles. The van der Waals surface area contributed by atoms with Crippen LogP contribution in [-0.4, -0.2) is 23.1 Å². The van der Waals surface area contributed by atoms with Gasteiger partial charge >= 0.3 is 11.9 Å². The van der Waals surface area contributed by atoms with Crippen LogP contribution < -0.4 is 0 Å². The monoisotopic (exact) mass is 518 g/mol. The highest BCUT2D eigenvalue weighted by molar-refractivity contribution is 5.76.